The molecule has 176 valence electrons. The van der Waals surface area contributed by atoms with E-state index in [9.17, 15) is 14.0 Å². The number of piperidine rings is 2. The molecule has 2 heterocycles. The van der Waals surface area contributed by atoms with Crippen LogP contribution in [0.4, 0.5) is 4.39 Å². The summed E-state index contributed by atoms with van der Waals surface area (Å²) in [6.07, 6.45) is 5.00. The maximum Gasteiger partial charge on any atom is 0.253 e. The molecule has 0 radical (unpaired) electrons. The van der Waals surface area contributed by atoms with Crippen LogP contribution in [0.25, 0.3) is 0 Å². The molecular weight excluding hydrogens is 443 g/mol. The summed E-state index contributed by atoms with van der Waals surface area (Å²) >= 11 is 6.06. The molecule has 0 saturated carbocycles. The Balaban J connectivity index is 1.45. The first-order valence-electron chi connectivity index (χ1n) is 11.7. The van der Waals surface area contributed by atoms with Crippen molar-refractivity contribution < 1.29 is 18.7 Å². The van der Waals surface area contributed by atoms with Gasteiger partial charge < -0.3 is 14.5 Å². The van der Waals surface area contributed by atoms with E-state index in [1.807, 2.05) is 9.80 Å². The molecule has 33 heavy (non-hydrogen) atoms. The molecule has 2 fully saturated rings. The number of rotatable bonds is 6. The molecule has 2 saturated heterocycles. The number of hydrogen-bond donors (Lipinski definition) is 0. The average molecular weight is 473 g/mol. The molecule has 2 aromatic carbocycles. The summed E-state index contributed by atoms with van der Waals surface area (Å²) in [4.78, 5) is 29.9. The van der Waals surface area contributed by atoms with Crippen LogP contribution >= 0.6 is 11.6 Å². The van der Waals surface area contributed by atoms with Crippen LogP contribution in [0.2, 0.25) is 5.02 Å². The largest absolute Gasteiger partial charge is 0.493 e. The topological polar surface area (TPSA) is 49.9 Å². The molecule has 2 aromatic rings. The summed E-state index contributed by atoms with van der Waals surface area (Å²) in [5.74, 6) is 0.378. The molecule has 0 aliphatic carbocycles. The molecule has 0 N–H and O–H groups in total. The van der Waals surface area contributed by atoms with E-state index in [2.05, 4.69) is 0 Å². The molecule has 0 bridgehead atoms. The minimum Gasteiger partial charge on any atom is -0.493 e. The first-order chi connectivity index (χ1) is 15.9. The van der Waals surface area contributed by atoms with Gasteiger partial charge >= 0.3 is 0 Å². The Morgan fingerprint density at radius 2 is 1.64 bits per heavy atom. The highest BCUT2D eigenvalue weighted by atomic mass is 35.5. The molecule has 2 aliphatic rings. The van der Waals surface area contributed by atoms with Crippen LogP contribution in [-0.4, -0.2) is 54.4 Å². The van der Waals surface area contributed by atoms with Gasteiger partial charge in [-0.25, -0.2) is 4.39 Å². The van der Waals surface area contributed by atoms with Crippen LogP contribution < -0.4 is 4.74 Å². The number of amides is 2. The third-order valence-corrected chi connectivity index (χ3v) is 7.01. The molecule has 0 spiro atoms. The van der Waals surface area contributed by atoms with Gasteiger partial charge in [0.25, 0.3) is 5.91 Å². The normalized spacial score (nSPS) is 18.1. The summed E-state index contributed by atoms with van der Waals surface area (Å²) in [5, 5.41) is 0.534. The number of nitrogens with zero attached hydrogens (tertiary/aromatic N) is 2. The minimum atomic E-state index is -0.367. The van der Waals surface area contributed by atoms with Crippen LogP contribution in [0.15, 0.2) is 48.5 Å². The van der Waals surface area contributed by atoms with Crippen molar-refractivity contribution in [2.24, 2.45) is 5.41 Å². The summed E-state index contributed by atoms with van der Waals surface area (Å²) in [5.41, 5.74) is 0.204. The fourth-order valence-corrected chi connectivity index (χ4v) is 4.89. The SMILES string of the molecule is O=C(CC1(COc2ccc(F)cc2)CCN(C(=O)c2cccc(Cl)c2)CC1)N1CCCCC1. The van der Waals surface area contributed by atoms with Crippen molar-refractivity contribution in [2.75, 3.05) is 32.8 Å². The average Bonchev–Trinajstić information content (AvgIpc) is 2.84. The summed E-state index contributed by atoms with van der Waals surface area (Å²) in [7, 11) is 0. The van der Waals surface area contributed by atoms with Gasteiger partial charge in [0.2, 0.25) is 5.91 Å². The van der Waals surface area contributed by atoms with Crippen LogP contribution in [0, 0.1) is 11.2 Å². The summed E-state index contributed by atoms with van der Waals surface area (Å²) in [6.45, 7) is 3.08. The molecule has 2 amide bonds. The number of carbonyl (C=O) groups is 2. The van der Waals surface area contributed by atoms with Gasteiger partial charge in [0.1, 0.15) is 11.6 Å². The number of likely N-dealkylation sites (tertiary alicyclic amines) is 2. The van der Waals surface area contributed by atoms with Gasteiger partial charge in [0.15, 0.2) is 0 Å². The van der Waals surface area contributed by atoms with Gasteiger partial charge in [-0.2, -0.15) is 0 Å². The maximum absolute atomic E-state index is 13.3. The lowest BCUT2D eigenvalue weighted by atomic mass is 9.75. The predicted molar refractivity (Wildman–Crippen MR) is 126 cm³/mol. The lowest BCUT2D eigenvalue weighted by Gasteiger charge is -2.42. The summed E-state index contributed by atoms with van der Waals surface area (Å²) < 4.78 is 19.3. The molecule has 4 rings (SSSR count). The smallest absolute Gasteiger partial charge is 0.253 e. The van der Waals surface area contributed by atoms with Gasteiger partial charge in [-0.05, 0) is 74.6 Å². The maximum atomic E-state index is 13.3. The van der Waals surface area contributed by atoms with E-state index in [1.54, 1.807) is 36.4 Å². The first kappa shape index (κ1) is 23.6. The van der Waals surface area contributed by atoms with Crippen molar-refractivity contribution in [3.05, 3.63) is 64.9 Å². The molecule has 7 heteroatoms. The van der Waals surface area contributed by atoms with Crippen molar-refractivity contribution in [1.29, 1.82) is 0 Å². The highest BCUT2D eigenvalue weighted by molar-refractivity contribution is 6.30. The fourth-order valence-electron chi connectivity index (χ4n) is 4.70. The first-order valence-corrected chi connectivity index (χ1v) is 12.0. The molecule has 0 atom stereocenters. The standard InChI is InChI=1S/C26H30ClFN2O3/c27-21-6-4-5-20(17-21)25(32)30-15-11-26(12-16-30,18-24(31)29-13-2-1-3-14-29)19-33-23-9-7-22(28)8-10-23/h4-10,17H,1-3,11-16,18-19H2. The number of benzene rings is 2. The second-order valence-electron chi connectivity index (χ2n) is 9.16. The van der Waals surface area contributed by atoms with Crippen molar-refractivity contribution in [3.63, 3.8) is 0 Å². The molecule has 5 nitrogen and oxygen atoms in total. The van der Waals surface area contributed by atoms with Crippen LogP contribution in [0.3, 0.4) is 0 Å². The van der Waals surface area contributed by atoms with E-state index >= 15 is 0 Å². The second-order valence-corrected chi connectivity index (χ2v) is 9.60. The van der Waals surface area contributed by atoms with E-state index in [-0.39, 0.29) is 23.0 Å². The minimum absolute atomic E-state index is 0.0482. The molecule has 0 aromatic heterocycles. The van der Waals surface area contributed by atoms with Crippen molar-refractivity contribution in [1.82, 2.24) is 9.80 Å². The predicted octanol–water partition coefficient (Wildman–Crippen LogP) is 5.18. The van der Waals surface area contributed by atoms with Crippen molar-refractivity contribution in [2.45, 2.75) is 38.5 Å². The third kappa shape index (κ3) is 6.05. The molecule has 2 aliphatic heterocycles. The Hall–Kier alpha value is -2.60. The Bertz CT molecular complexity index is 968. The Kier molecular flexibility index (Phi) is 7.53. The lowest BCUT2D eigenvalue weighted by molar-refractivity contribution is -0.136. The van der Waals surface area contributed by atoms with Gasteiger partial charge in [0.05, 0.1) is 6.61 Å². The van der Waals surface area contributed by atoms with E-state index in [0.29, 0.717) is 55.3 Å². The summed E-state index contributed by atoms with van der Waals surface area (Å²) in [6, 6.07) is 12.9. The van der Waals surface area contributed by atoms with Crippen LogP contribution in [0.1, 0.15) is 48.9 Å². The number of halogens is 2. The highest BCUT2D eigenvalue weighted by Crippen LogP contribution is 2.37. The van der Waals surface area contributed by atoms with Crippen molar-refractivity contribution in [3.8, 4) is 5.75 Å². The van der Waals surface area contributed by atoms with Gasteiger partial charge in [0, 0.05) is 48.6 Å². The zero-order chi connectivity index (χ0) is 23.3. The zero-order valence-electron chi connectivity index (χ0n) is 18.8. The zero-order valence-corrected chi connectivity index (χ0v) is 19.5. The fraction of sp³-hybridized carbons (Fsp3) is 0.462. The Labute approximate surface area is 199 Å². The monoisotopic (exact) mass is 472 g/mol. The molecule has 0 unspecified atom stereocenters. The second kappa shape index (κ2) is 10.6. The van der Waals surface area contributed by atoms with E-state index < -0.39 is 0 Å². The number of hydrogen-bond acceptors (Lipinski definition) is 3. The number of carbonyl (C=O) groups excluding carboxylic acids is 2. The quantitative estimate of drug-likeness (QED) is 0.581. The Morgan fingerprint density at radius 3 is 2.30 bits per heavy atom. The van der Waals surface area contributed by atoms with Crippen LogP contribution in [0.5, 0.6) is 5.75 Å². The number of ether oxygens (including phenoxy) is 1. The van der Waals surface area contributed by atoms with Crippen molar-refractivity contribution >= 4 is 23.4 Å². The van der Waals surface area contributed by atoms with E-state index in [4.69, 9.17) is 16.3 Å². The van der Waals surface area contributed by atoms with E-state index in [0.717, 1.165) is 25.9 Å². The highest BCUT2D eigenvalue weighted by Gasteiger charge is 2.40. The Morgan fingerprint density at radius 1 is 0.939 bits per heavy atom. The third-order valence-electron chi connectivity index (χ3n) is 6.78. The van der Waals surface area contributed by atoms with E-state index in [1.165, 1.54) is 18.6 Å². The molecular formula is C26H30ClFN2O3. The van der Waals surface area contributed by atoms with Gasteiger partial charge in [-0.1, -0.05) is 17.7 Å². The van der Waals surface area contributed by atoms with Crippen LogP contribution in [-0.2, 0) is 4.79 Å². The lowest BCUT2D eigenvalue weighted by Crippen LogP contribution is -2.48. The van der Waals surface area contributed by atoms with Gasteiger partial charge in [-0.15, -0.1) is 0 Å². The van der Waals surface area contributed by atoms with Gasteiger partial charge in [-0.3, -0.25) is 9.59 Å².